The second-order valence-electron chi connectivity index (χ2n) is 5.82. The third kappa shape index (κ3) is 1.94. The van der Waals surface area contributed by atoms with Gasteiger partial charge in [-0.2, -0.15) is 0 Å². The molecule has 0 saturated carbocycles. The topological polar surface area (TPSA) is 0 Å². The van der Waals surface area contributed by atoms with E-state index in [-0.39, 0.29) is 0 Å². The molecule has 0 unspecified atom stereocenters. The van der Waals surface area contributed by atoms with Gasteiger partial charge >= 0.3 is 0 Å². The van der Waals surface area contributed by atoms with Crippen LogP contribution < -0.4 is 27.3 Å². The molecule has 1 aliphatic rings. The first-order valence-electron chi connectivity index (χ1n) is 7.59. The van der Waals surface area contributed by atoms with Crippen LogP contribution in [0.5, 0.6) is 0 Å². The average Bonchev–Trinajstić information content (AvgIpc) is 2.56. The molecule has 2 heteroatoms. The molecule has 1 aliphatic heterocycles. The van der Waals surface area contributed by atoms with Gasteiger partial charge in [-0.1, -0.05) is 113 Å². The first-order chi connectivity index (χ1) is 10.4. The Kier molecular flexibility index (Phi) is 2.96. The molecule has 0 saturated heterocycles. The molecule has 3 aromatic rings. The summed E-state index contributed by atoms with van der Waals surface area (Å²) in [6, 6.07) is 28.6. The zero-order chi connectivity index (χ0) is 14.2. The van der Waals surface area contributed by atoms with Crippen molar-refractivity contribution < 1.29 is 0 Å². The molecule has 0 nitrogen and oxygen atoms in total. The first kappa shape index (κ1) is 12.5. The van der Waals surface area contributed by atoms with Crippen molar-refractivity contribution in [1.29, 1.82) is 0 Å². The molecule has 1 heterocycles. The fraction of sp³-hybridized carbons (Fsp3) is 0.0526. The maximum absolute atomic E-state index is 2.32. The Morgan fingerprint density at radius 3 is 1.48 bits per heavy atom. The molecular weight excluding hydrogens is 250 g/mol. The van der Waals surface area contributed by atoms with Crippen molar-refractivity contribution in [3.05, 3.63) is 78.9 Å². The lowest BCUT2D eigenvalue weighted by atomic mass is 9.23. The van der Waals surface area contributed by atoms with Crippen molar-refractivity contribution >= 4 is 40.7 Å². The van der Waals surface area contributed by atoms with Gasteiger partial charge < -0.3 is 0 Å². The lowest BCUT2D eigenvalue weighted by Crippen LogP contribution is -2.71. The summed E-state index contributed by atoms with van der Waals surface area (Å²) in [5.74, 6) is 0. The van der Waals surface area contributed by atoms with Crippen molar-refractivity contribution in [2.24, 2.45) is 0 Å². The Morgan fingerprint density at radius 1 is 0.524 bits per heavy atom. The molecule has 0 fully saturated rings. The zero-order valence-electron chi connectivity index (χ0n) is 12.2. The fourth-order valence-electron chi connectivity index (χ4n) is 3.68. The van der Waals surface area contributed by atoms with Crippen molar-refractivity contribution in [2.75, 3.05) is 0 Å². The number of hydrogen-bond acceptors (Lipinski definition) is 0. The molecule has 0 bridgehead atoms. The van der Waals surface area contributed by atoms with E-state index < -0.39 is 0 Å². The smallest absolute Gasteiger partial charge is 0.0790 e. The zero-order valence-corrected chi connectivity index (χ0v) is 12.2. The third-order valence-corrected chi connectivity index (χ3v) is 4.68. The number of fused-ring (bicyclic) bond motifs is 2. The number of benzene rings is 3. The summed E-state index contributed by atoms with van der Waals surface area (Å²) in [7, 11) is 0. The third-order valence-electron chi connectivity index (χ3n) is 4.68. The van der Waals surface area contributed by atoms with Gasteiger partial charge in [0.15, 0.2) is 0 Å². The second kappa shape index (κ2) is 4.96. The summed E-state index contributed by atoms with van der Waals surface area (Å²) in [6.45, 7) is 3.14. The summed E-state index contributed by atoms with van der Waals surface area (Å²) in [5, 5.41) is 0. The summed E-state index contributed by atoms with van der Waals surface area (Å²) in [4.78, 5) is 0. The van der Waals surface area contributed by atoms with Gasteiger partial charge in [0.05, 0.1) is 0 Å². The molecule has 0 spiro atoms. The predicted molar refractivity (Wildman–Crippen MR) is 94.9 cm³/mol. The first-order valence-corrected chi connectivity index (χ1v) is 7.59. The van der Waals surface area contributed by atoms with Crippen LogP contribution in [0.25, 0.3) is 0 Å². The van der Waals surface area contributed by atoms with Gasteiger partial charge in [0, 0.05) is 0 Å². The van der Waals surface area contributed by atoms with Crippen LogP contribution in [0.15, 0.2) is 78.9 Å². The van der Waals surface area contributed by atoms with Gasteiger partial charge in [0.2, 0.25) is 13.4 Å². The van der Waals surface area contributed by atoms with Crippen LogP contribution in [0.3, 0.4) is 0 Å². The minimum Gasteiger partial charge on any atom is -0.0790 e. The van der Waals surface area contributed by atoms with E-state index in [0.717, 1.165) is 0 Å². The molecular formula is C19H16B2. The largest absolute Gasteiger partial charge is 0.239 e. The molecule has 0 amide bonds. The van der Waals surface area contributed by atoms with Crippen molar-refractivity contribution in [3.8, 4) is 0 Å². The summed E-state index contributed by atoms with van der Waals surface area (Å²) < 4.78 is 0. The van der Waals surface area contributed by atoms with E-state index in [0.29, 0.717) is 13.4 Å². The van der Waals surface area contributed by atoms with Gasteiger partial charge in [-0.3, -0.25) is 0 Å². The number of hydrogen-bond donors (Lipinski definition) is 0. The van der Waals surface area contributed by atoms with Crippen LogP contribution >= 0.6 is 0 Å². The van der Waals surface area contributed by atoms with Crippen LogP contribution in [0.2, 0.25) is 6.82 Å². The van der Waals surface area contributed by atoms with Crippen LogP contribution in [0.1, 0.15) is 0 Å². The Bertz CT molecular complexity index is 733. The number of rotatable bonds is 1. The van der Waals surface area contributed by atoms with Crippen LogP contribution in [-0.2, 0) is 0 Å². The van der Waals surface area contributed by atoms with Crippen molar-refractivity contribution in [2.45, 2.75) is 6.82 Å². The maximum atomic E-state index is 2.32. The monoisotopic (exact) mass is 266 g/mol. The van der Waals surface area contributed by atoms with Gasteiger partial charge in [0.25, 0.3) is 0 Å². The molecule has 0 radical (unpaired) electrons. The fourth-order valence-corrected chi connectivity index (χ4v) is 3.68. The Labute approximate surface area is 127 Å². The minimum absolute atomic E-state index is 0.356. The van der Waals surface area contributed by atoms with E-state index >= 15 is 0 Å². The maximum Gasteiger partial charge on any atom is 0.239 e. The molecule has 0 aliphatic carbocycles. The van der Waals surface area contributed by atoms with E-state index in [1.807, 2.05) is 0 Å². The summed E-state index contributed by atoms with van der Waals surface area (Å²) in [6.07, 6.45) is 0. The Balaban J connectivity index is 2.01. The van der Waals surface area contributed by atoms with Crippen molar-refractivity contribution in [3.63, 3.8) is 0 Å². The lowest BCUT2D eigenvalue weighted by Gasteiger charge is -2.29. The van der Waals surface area contributed by atoms with E-state index in [1.54, 1.807) is 0 Å². The van der Waals surface area contributed by atoms with E-state index in [2.05, 4.69) is 85.7 Å². The second-order valence-corrected chi connectivity index (χ2v) is 5.82. The quantitative estimate of drug-likeness (QED) is 0.570. The highest BCUT2D eigenvalue weighted by Gasteiger charge is 2.34. The summed E-state index contributed by atoms with van der Waals surface area (Å²) >= 11 is 0. The highest BCUT2D eigenvalue weighted by atomic mass is 14.1. The molecule has 98 valence electrons. The lowest BCUT2D eigenvalue weighted by molar-refractivity contribution is 1.71. The van der Waals surface area contributed by atoms with Gasteiger partial charge in [0.1, 0.15) is 0 Å². The van der Waals surface area contributed by atoms with Crippen LogP contribution in [0, 0.1) is 0 Å². The Hall–Kier alpha value is -2.21. The molecule has 21 heavy (non-hydrogen) atoms. The van der Waals surface area contributed by atoms with Gasteiger partial charge in [-0.25, -0.2) is 0 Å². The Morgan fingerprint density at radius 2 is 0.952 bits per heavy atom. The van der Waals surface area contributed by atoms with Crippen LogP contribution in [-0.4, -0.2) is 13.4 Å². The average molecular weight is 266 g/mol. The highest BCUT2D eigenvalue weighted by Crippen LogP contribution is 2.01. The predicted octanol–water partition coefficient (Wildman–Crippen LogP) is 0.755. The molecule has 0 N–H and O–H groups in total. The van der Waals surface area contributed by atoms with Crippen molar-refractivity contribution in [1.82, 2.24) is 0 Å². The standard InChI is InChI=1S/C19H16B2/c1-20-16-11-5-7-13-18(16)21(15-9-3-2-4-10-15)19-14-8-6-12-17(19)20/h2-14H,1H3. The summed E-state index contributed by atoms with van der Waals surface area (Å²) in [5.41, 5.74) is 7.21. The van der Waals surface area contributed by atoms with E-state index in [1.165, 1.54) is 27.3 Å². The van der Waals surface area contributed by atoms with E-state index in [9.17, 15) is 0 Å². The van der Waals surface area contributed by atoms with Gasteiger partial charge in [-0.05, 0) is 0 Å². The van der Waals surface area contributed by atoms with Gasteiger partial charge in [-0.15, -0.1) is 0 Å². The molecule has 4 rings (SSSR count). The van der Waals surface area contributed by atoms with Crippen LogP contribution in [0.4, 0.5) is 0 Å². The molecule has 0 aromatic heterocycles. The SMILES string of the molecule is CB1c2ccccc2B(c2ccccc2)c2ccccc21. The highest BCUT2D eigenvalue weighted by molar-refractivity contribution is 7.07. The molecule has 0 atom stereocenters. The normalized spacial score (nSPS) is 12.8. The minimum atomic E-state index is 0.356. The molecule has 3 aromatic carbocycles. The van der Waals surface area contributed by atoms with E-state index in [4.69, 9.17) is 0 Å².